The van der Waals surface area contributed by atoms with Crippen LogP contribution in [0.15, 0.2) is 0 Å². The summed E-state index contributed by atoms with van der Waals surface area (Å²) < 4.78 is 52.6. The van der Waals surface area contributed by atoms with Crippen molar-refractivity contribution in [2.24, 2.45) is 5.92 Å². The number of rotatable bonds is 7. The zero-order valence-electron chi connectivity index (χ0n) is 10.0. The highest BCUT2D eigenvalue weighted by Gasteiger charge is 2.16. The number of hydrogen-bond acceptors (Lipinski definition) is 4. The molecule has 7 heteroatoms. The SMILES string of the molecule is CC#CC(CCCS(=O)(=O)CC)CS(=O)(=O)O. The lowest BCUT2D eigenvalue weighted by Gasteiger charge is -2.08. The molecule has 0 aliphatic carbocycles. The molecule has 0 aromatic heterocycles. The van der Waals surface area contributed by atoms with E-state index in [2.05, 4.69) is 11.8 Å². The Morgan fingerprint density at radius 2 is 1.82 bits per heavy atom. The van der Waals surface area contributed by atoms with E-state index in [0.29, 0.717) is 12.8 Å². The fourth-order valence-corrected chi connectivity index (χ4v) is 3.00. The van der Waals surface area contributed by atoms with Crippen LogP contribution in [0.2, 0.25) is 0 Å². The van der Waals surface area contributed by atoms with Gasteiger partial charge in [0, 0.05) is 11.7 Å². The van der Waals surface area contributed by atoms with E-state index >= 15 is 0 Å². The van der Waals surface area contributed by atoms with Crippen molar-refractivity contribution in [3.8, 4) is 11.8 Å². The van der Waals surface area contributed by atoms with Crippen molar-refractivity contribution in [2.45, 2.75) is 26.7 Å². The highest BCUT2D eigenvalue weighted by atomic mass is 32.2. The third kappa shape index (κ3) is 9.15. The van der Waals surface area contributed by atoms with Gasteiger partial charge < -0.3 is 0 Å². The summed E-state index contributed by atoms with van der Waals surface area (Å²) in [6.45, 7) is 3.14. The highest BCUT2D eigenvalue weighted by Crippen LogP contribution is 2.10. The Bertz CT molecular complexity index is 479. The Balaban J connectivity index is 4.33. The molecular formula is C10H18O5S2. The average Bonchev–Trinajstić information content (AvgIpc) is 2.15. The molecule has 0 spiro atoms. The minimum absolute atomic E-state index is 0.0247. The summed E-state index contributed by atoms with van der Waals surface area (Å²) in [5.41, 5.74) is 0. The Labute approximate surface area is 103 Å². The number of sulfone groups is 1. The van der Waals surface area contributed by atoms with Crippen molar-refractivity contribution in [3.63, 3.8) is 0 Å². The molecule has 0 rings (SSSR count). The lowest BCUT2D eigenvalue weighted by atomic mass is 10.1. The highest BCUT2D eigenvalue weighted by molar-refractivity contribution is 7.91. The zero-order chi connectivity index (χ0) is 13.5. The zero-order valence-corrected chi connectivity index (χ0v) is 11.6. The molecule has 0 fully saturated rings. The lowest BCUT2D eigenvalue weighted by Crippen LogP contribution is -2.16. The molecule has 1 unspecified atom stereocenters. The maximum absolute atomic E-state index is 11.2. The van der Waals surface area contributed by atoms with Gasteiger partial charge in [-0.25, -0.2) is 8.42 Å². The summed E-state index contributed by atoms with van der Waals surface area (Å²) >= 11 is 0. The van der Waals surface area contributed by atoms with Crippen molar-refractivity contribution in [2.75, 3.05) is 17.3 Å². The first-order valence-corrected chi connectivity index (χ1v) is 8.71. The molecule has 0 aromatic rings. The molecule has 5 nitrogen and oxygen atoms in total. The third-order valence-corrected chi connectivity index (χ3v) is 4.82. The van der Waals surface area contributed by atoms with Crippen LogP contribution in [0, 0.1) is 17.8 Å². The Kier molecular flexibility index (Phi) is 6.75. The second kappa shape index (κ2) is 6.99. The first kappa shape index (κ1) is 16.4. The van der Waals surface area contributed by atoms with Crippen molar-refractivity contribution in [1.29, 1.82) is 0 Å². The molecule has 0 heterocycles. The van der Waals surface area contributed by atoms with Gasteiger partial charge in [0.1, 0.15) is 9.84 Å². The molecule has 17 heavy (non-hydrogen) atoms. The molecule has 0 amide bonds. The molecule has 1 atom stereocenters. The maximum atomic E-state index is 11.2. The van der Waals surface area contributed by atoms with Gasteiger partial charge in [-0.05, 0) is 19.8 Å². The van der Waals surface area contributed by atoms with E-state index < -0.39 is 31.6 Å². The van der Waals surface area contributed by atoms with Gasteiger partial charge in [-0.2, -0.15) is 8.42 Å². The van der Waals surface area contributed by atoms with Crippen LogP contribution in [0.3, 0.4) is 0 Å². The van der Waals surface area contributed by atoms with Gasteiger partial charge in [0.15, 0.2) is 0 Å². The van der Waals surface area contributed by atoms with E-state index in [1.165, 1.54) is 0 Å². The van der Waals surface area contributed by atoms with Crippen molar-refractivity contribution in [1.82, 2.24) is 0 Å². The minimum Gasteiger partial charge on any atom is -0.286 e. The van der Waals surface area contributed by atoms with E-state index in [1.54, 1.807) is 13.8 Å². The summed E-state index contributed by atoms with van der Waals surface area (Å²) in [5, 5.41) is 0. The molecule has 0 saturated carbocycles. The van der Waals surface area contributed by atoms with Gasteiger partial charge in [-0.1, -0.05) is 12.8 Å². The van der Waals surface area contributed by atoms with Crippen LogP contribution in [-0.2, 0) is 20.0 Å². The van der Waals surface area contributed by atoms with Crippen LogP contribution in [-0.4, -0.2) is 38.6 Å². The summed E-state index contributed by atoms with van der Waals surface area (Å²) in [5.74, 6) is 4.38. The van der Waals surface area contributed by atoms with Crippen molar-refractivity contribution >= 4 is 20.0 Å². The summed E-state index contributed by atoms with van der Waals surface area (Å²) in [7, 11) is -7.10. The Morgan fingerprint density at radius 3 is 2.24 bits per heavy atom. The van der Waals surface area contributed by atoms with Crippen LogP contribution in [0.5, 0.6) is 0 Å². The third-order valence-electron chi connectivity index (χ3n) is 2.21. The first-order valence-electron chi connectivity index (χ1n) is 5.28. The molecule has 0 aliphatic heterocycles. The predicted octanol–water partition coefficient (Wildman–Crippen LogP) is 0.729. The van der Waals surface area contributed by atoms with E-state index in [-0.39, 0.29) is 11.5 Å². The van der Waals surface area contributed by atoms with Crippen LogP contribution in [0.4, 0.5) is 0 Å². The molecule has 0 bridgehead atoms. The Hall–Kier alpha value is -0.580. The molecule has 1 N–H and O–H groups in total. The standard InChI is InChI=1S/C10H18O5S2/c1-3-6-10(9-17(13,14)15)7-5-8-16(11,12)4-2/h10H,4-5,7-9H2,1-2H3,(H,13,14,15). The normalized spacial score (nSPS) is 13.8. The summed E-state index contributed by atoms with van der Waals surface area (Å²) in [4.78, 5) is 0. The van der Waals surface area contributed by atoms with Gasteiger partial charge in [-0.15, -0.1) is 5.92 Å². The molecule has 100 valence electrons. The molecule has 0 aromatic carbocycles. The monoisotopic (exact) mass is 282 g/mol. The molecule has 0 aliphatic rings. The van der Waals surface area contributed by atoms with Crippen molar-refractivity contribution in [3.05, 3.63) is 0 Å². The van der Waals surface area contributed by atoms with Crippen LogP contribution in [0.25, 0.3) is 0 Å². The second-order valence-electron chi connectivity index (χ2n) is 3.72. The van der Waals surface area contributed by atoms with E-state index in [1.807, 2.05) is 0 Å². The second-order valence-corrected chi connectivity index (χ2v) is 7.69. The first-order chi connectivity index (χ1) is 7.70. The van der Waals surface area contributed by atoms with E-state index in [4.69, 9.17) is 4.55 Å². The minimum atomic E-state index is -4.07. The van der Waals surface area contributed by atoms with Crippen LogP contribution in [0.1, 0.15) is 26.7 Å². The van der Waals surface area contributed by atoms with E-state index in [9.17, 15) is 16.8 Å². The lowest BCUT2D eigenvalue weighted by molar-refractivity contribution is 0.472. The fraction of sp³-hybridized carbons (Fsp3) is 0.800. The van der Waals surface area contributed by atoms with Crippen LogP contribution < -0.4 is 0 Å². The largest absolute Gasteiger partial charge is 0.286 e. The fourth-order valence-electron chi connectivity index (χ4n) is 1.35. The van der Waals surface area contributed by atoms with Gasteiger partial charge in [-0.3, -0.25) is 4.55 Å². The average molecular weight is 282 g/mol. The van der Waals surface area contributed by atoms with Gasteiger partial charge in [0.05, 0.1) is 11.5 Å². The molecular weight excluding hydrogens is 264 g/mol. The van der Waals surface area contributed by atoms with Crippen LogP contribution >= 0.6 is 0 Å². The van der Waals surface area contributed by atoms with Crippen molar-refractivity contribution < 1.29 is 21.4 Å². The Morgan fingerprint density at radius 1 is 1.24 bits per heavy atom. The number of hydrogen-bond donors (Lipinski definition) is 1. The summed E-state index contributed by atoms with van der Waals surface area (Å²) in [6.07, 6.45) is 0.699. The molecule has 0 radical (unpaired) electrons. The summed E-state index contributed by atoms with van der Waals surface area (Å²) in [6, 6.07) is 0. The maximum Gasteiger partial charge on any atom is 0.266 e. The molecule has 0 saturated heterocycles. The van der Waals surface area contributed by atoms with E-state index in [0.717, 1.165) is 0 Å². The van der Waals surface area contributed by atoms with Gasteiger partial charge in [0.2, 0.25) is 0 Å². The predicted molar refractivity (Wildman–Crippen MR) is 66.9 cm³/mol. The topological polar surface area (TPSA) is 88.5 Å². The smallest absolute Gasteiger partial charge is 0.266 e. The van der Waals surface area contributed by atoms with Gasteiger partial charge >= 0.3 is 0 Å². The quantitative estimate of drug-likeness (QED) is 0.549. The van der Waals surface area contributed by atoms with Gasteiger partial charge in [0.25, 0.3) is 10.1 Å².